The summed E-state index contributed by atoms with van der Waals surface area (Å²) in [7, 11) is 0. The molecule has 0 saturated heterocycles. The van der Waals surface area contributed by atoms with Crippen molar-refractivity contribution in [3.05, 3.63) is 28.2 Å². The van der Waals surface area contributed by atoms with Gasteiger partial charge in [0.05, 0.1) is 10.7 Å². The third kappa shape index (κ3) is 3.69. The molecule has 0 aromatic heterocycles. The number of benzene rings is 1. The molecule has 0 atom stereocenters. The molecule has 0 aliphatic heterocycles. The van der Waals surface area contributed by atoms with Gasteiger partial charge in [0.2, 0.25) is 11.8 Å². The molecule has 1 saturated carbocycles. The predicted octanol–water partition coefficient (Wildman–Crippen LogP) is 3.63. The van der Waals surface area contributed by atoms with Crippen LogP contribution >= 0.6 is 23.2 Å². The fourth-order valence-electron chi connectivity index (χ4n) is 2.07. The minimum Gasteiger partial charge on any atom is -0.355 e. The fourth-order valence-corrected chi connectivity index (χ4v) is 2.40. The number of carbonyl (C=O) groups is 2. The molecule has 2 amide bonds. The maximum absolute atomic E-state index is 12.4. The zero-order valence-electron chi connectivity index (χ0n) is 11.8. The SMILES string of the molecule is CCCCNC(=O)C1(C(=O)Nc2cc(Cl)ccc2Cl)CC1. The number of unbranched alkanes of at least 4 members (excludes halogenated alkanes) is 1. The van der Waals surface area contributed by atoms with Crippen molar-refractivity contribution in [2.45, 2.75) is 32.6 Å². The van der Waals surface area contributed by atoms with Crippen LogP contribution in [0.5, 0.6) is 0 Å². The molecule has 114 valence electrons. The summed E-state index contributed by atoms with van der Waals surface area (Å²) in [6.45, 7) is 2.65. The van der Waals surface area contributed by atoms with Crippen molar-refractivity contribution in [2.24, 2.45) is 5.41 Å². The maximum Gasteiger partial charge on any atom is 0.240 e. The Labute approximate surface area is 134 Å². The maximum atomic E-state index is 12.4. The highest BCUT2D eigenvalue weighted by molar-refractivity contribution is 6.36. The van der Waals surface area contributed by atoms with E-state index >= 15 is 0 Å². The van der Waals surface area contributed by atoms with Crippen LogP contribution in [0.2, 0.25) is 10.0 Å². The molecule has 0 bridgehead atoms. The minimum atomic E-state index is -0.945. The van der Waals surface area contributed by atoms with Crippen molar-refractivity contribution in [2.75, 3.05) is 11.9 Å². The third-order valence-electron chi connectivity index (χ3n) is 3.61. The van der Waals surface area contributed by atoms with Crippen LogP contribution in [0.4, 0.5) is 5.69 Å². The Balaban J connectivity index is 2.02. The smallest absolute Gasteiger partial charge is 0.240 e. The van der Waals surface area contributed by atoms with Gasteiger partial charge in [-0.05, 0) is 37.5 Å². The van der Waals surface area contributed by atoms with E-state index in [-0.39, 0.29) is 11.8 Å². The van der Waals surface area contributed by atoms with Crippen molar-refractivity contribution in [3.8, 4) is 0 Å². The first-order valence-electron chi connectivity index (χ1n) is 7.04. The molecule has 0 spiro atoms. The summed E-state index contributed by atoms with van der Waals surface area (Å²) in [6, 6.07) is 4.83. The predicted molar refractivity (Wildman–Crippen MR) is 84.7 cm³/mol. The molecule has 1 fully saturated rings. The van der Waals surface area contributed by atoms with E-state index in [0.717, 1.165) is 12.8 Å². The minimum absolute atomic E-state index is 0.202. The van der Waals surface area contributed by atoms with Gasteiger partial charge in [0.25, 0.3) is 0 Å². The number of halogens is 2. The van der Waals surface area contributed by atoms with Gasteiger partial charge in [-0.2, -0.15) is 0 Å². The summed E-state index contributed by atoms with van der Waals surface area (Å²) in [4.78, 5) is 24.5. The second kappa shape index (κ2) is 6.67. The van der Waals surface area contributed by atoms with Crippen molar-refractivity contribution >= 4 is 40.7 Å². The Morgan fingerprint density at radius 2 is 1.95 bits per heavy atom. The van der Waals surface area contributed by atoms with E-state index in [0.29, 0.717) is 35.1 Å². The van der Waals surface area contributed by atoms with Crippen LogP contribution in [0.3, 0.4) is 0 Å². The Bertz CT molecular complexity index is 557. The second-order valence-corrected chi connectivity index (χ2v) is 6.11. The van der Waals surface area contributed by atoms with E-state index < -0.39 is 5.41 Å². The highest BCUT2D eigenvalue weighted by atomic mass is 35.5. The van der Waals surface area contributed by atoms with Gasteiger partial charge < -0.3 is 10.6 Å². The zero-order chi connectivity index (χ0) is 15.5. The van der Waals surface area contributed by atoms with E-state index in [1.165, 1.54) is 0 Å². The van der Waals surface area contributed by atoms with E-state index in [1.807, 2.05) is 6.92 Å². The Kier molecular flexibility index (Phi) is 5.12. The summed E-state index contributed by atoms with van der Waals surface area (Å²) >= 11 is 11.9. The molecule has 0 radical (unpaired) electrons. The lowest BCUT2D eigenvalue weighted by Crippen LogP contribution is -2.40. The Hall–Kier alpha value is -1.26. The molecule has 4 nitrogen and oxygen atoms in total. The molecule has 2 rings (SSSR count). The second-order valence-electron chi connectivity index (χ2n) is 5.27. The number of hydrogen-bond donors (Lipinski definition) is 2. The number of rotatable bonds is 6. The summed E-state index contributed by atoms with van der Waals surface area (Å²) in [5.74, 6) is -0.521. The van der Waals surface area contributed by atoms with E-state index in [2.05, 4.69) is 10.6 Å². The van der Waals surface area contributed by atoms with Gasteiger partial charge in [-0.1, -0.05) is 36.5 Å². The third-order valence-corrected chi connectivity index (χ3v) is 4.18. The van der Waals surface area contributed by atoms with E-state index in [4.69, 9.17) is 23.2 Å². The first-order valence-corrected chi connectivity index (χ1v) is 7.80. The van der Waals surface area contributed by atoms with Crippen LogP contribution in [0, 0.1) is 5.41 Å². The molecule has 2 N–H and O–H groups in total. The molecule has 1 aliphatic rings. The molecular weight excluding hydrogens is 311 g/mol. The molecule has 0 unspecified atom stereocenters. The normalized spacial score (nSPS) is 15.4. The molecule has 1 aromatic carbocycles. The van der Waals surface area contributed by atoms with Gasteiger partial charge in [-0.25, -0.2) is 0 Å². The van der Waals surface area contributed by atoms with Crippen LogP contribution in [-0.4, -0.2) is 18.4 Å². The number of hydrogen-bond acceptors (Lipinski definition) is 2. The van der Waals surface area contributed by atoms with Crippen molar-refractivity contribution in [3.63, 3.8) is 0 Å². The van der Waals surface area contributed by atoms with Gasteiger partial charge in [-0.3, -0.25) is 9.59 Å². The van der Waals surface area contributed by atoms with Crippen LogP contribution in [-0.2, 0) is 9.59 Å². The van der Waals surface area contributed by atoms with Crippen molar-refractivity contribution < 1.29 is 9.59 Å². The van der Waals surface area contributed by atoms with Crippen LogP contribution in [0.25, 0.3) is 0 Å². The molecule has 6 heteroatoms. The van der Waals surface area contributed by atoms with Crippen LogP contribution in [0.15, 0.2) is 18.2 Å². The van der Waals surface area contributed by atoms with Crippen LogP contribution < -0.4 is 10.6 Å². The number of amides is 2. The molecule has 21 heavy (non-hydrogen) atoms. The molecule has 1 aromatic rings. The summed E-state index contributed by atoms with van der Waals surface area (Å²) in [6.07, 6.45) is 3.03. The van der Waals surface area contributed by atoms with Gasteiger partial charge in [0, 0.05) is 11.6 Å². The highest BCUT2D eigenvalue weighted by Crippen LogP contribution is 2.47. The topological polar surface area (TPSA) is 58.2 Å². The van der Waals surface area contributed by atoms with Gasteiger partial charge >= 0.3 is 0 Å². The monoisotopic (exact) mass is 328 g/mol. The lowest BCUT2D eigenvalue weighted by molar-refractivity contribution is -0.134. The van der Waals surface area contributed by atoms with Gasteiger partial charge in [0.15, 0.2) is 0 Å². The number of carbonyl (C=O) groups excluding carboxylic acids is 2. The summed E-state index contributed by atoms with van der Waals surface area (Å²) in [5.41, 5.74) is -0.513. The standard InChI is InChI=1S/C15H18Cl2N2O2/c1-2-3-8-18-13(20)15(6-7-15)14(21)19-12-9-10(16)4-5-11(12)17/h4-5,9H,2-3,6-8H2,1H3,(H,18,20)(H,19,21). The average Bonchev–Trinajstić information content (AvgIpc) is 3.24. The van der Waals surface area contributed by atoms with Crippen molar-refractivity contribution in [1.29, 1.82) is 0 Å². The number of anilines is 1. The van der Waals surface area contributed by atoms with Gasteiger partial charge in [0.1, 0.15) is 5.41 Å². The molecule has 0 heterocycles. The quantitative estimate of drug-likeness (QED) is 0.618. The largest absolute Gasteiger partial charge is 0.355 e. The first kappa shape index (κ1) is 16.1. The summed E-state index contributed by atoms with van der Waals surface area (Å²) < 4.78 is 0. The zero-order valence-corrected chi connectivity index (χ0v) is 13.4. The lowest BCUT2D eigenvalue weighted by Gasteiger charge is -2.16. The molecular formula is C15H18Cl2N2O2. The van der Waals surface area contributed by atoms with Crippen LogP contribution in [0.1, 0.15) is 32.6 Å². The average molecular weight is 329 g/mol. The fraction of sp³-hybridized carbons (Fsp3) is 0.467. The number of nitrogens with one attached hydrogen (secondary N) is 2. The Morgan fingerprint density at radius 1 is 1.24 bits per heavy atom. The van der Waals surface area contributed by atoms with E-state index in [9.17, 15) is 9.59 Å². The molecule has 1 aliphatic carbocycles. The highest BCUT2D eigenvalue weighted by Gasteiger charge is 2.56. The summed E-state index contributed by atoms with van der Waals surface area (Å²) in [5, 5.41) is 6.41. The van der Waals surface area contributed by atoms with Crippen molar-refractivity contribution in [1.82, 2.24) is 5.32 Å². The van der Waals surface area contributed by atoms with E-state index in [1.54, 1.807) is 18.2 Å². The lowest BCUT2D eigenvalue weighted by atomic mass is 10.0. The Morgan fingerprint density at radius 3 is 2.57 bits per heavy atom. The first-order chi connectivity index (χ1) is 9.99. The van der Waals surface area contributed by atoms with Gasteiger partial charge in [-0.15, -0.1) is 0 Å².